The standard InChI is InChI=1S/C16H16N2O/c1-8-5-10(3)17-14(8)12-7-13(16(12)19)15-9(2)6-11(4)18-15/h5-7,17H,1-4H3. The van der Waals surface area contributed by atoms with E-state index in [4.69, 9.17) is 0 Å². The van der Waals surface area contributed by atoms with Gasteiger partial charge in [0.05, 0.1) is 11.4 Å². The number of hydrogen-bond acceptors (Lipinski definition) is 2. The van der Waals surface area contributed by atoms with Gasteiger partial charge in [-0.15, -0.1) is 0 Å². The van der Waals surface area contributed by atoms with Crippen LogP contribution in [0.15, 0.2) is 40.1 Å². The number of H-pyrrole nitrogens is 1. The van der Waals surface area contributed by atoms with Crippen molar-refractivity contribution in [2.45, 2.75) is 27.7 Å². The average Bonchev–Trinajstić information content (AvgIpc) is 2.81. The molecule has 0 unspecified atom stereocenters. The minimum Gasteiger partial charge on any atom is -0.358 e. The van der Waals surface area contributed by atoms with Gasteiger partial charge in [-0.1, -0.05) is 0 Å². The summed E-state index contributed by atoms with van der Waals surface area (Å²) in [5, 5.41) is 0. The van der Waals surface area contributed by atoms with E-state index in [0.717, 1.165) is 45.1 Å². The summed E-state index contributed by atoms with van der Waals surface area (Å²) in [7, 11) is 0. The third-order valence-electron chi connectivity index (χ3n) is 3.54. The number of rotatable bonds is 1. The van der Waals surface area contributed by atoms with Gasteiger partial charge >= 0.3 is 0 Å². The zero-order chi connectivity index (χ0) is 13.7. The molecule has 96 valence electrons. The number of carbonyl (C=O) groups is 1. The summed E-state index contributed by atoms with van der Waals surface area (Å²) in [5.74, 6) is 0.0890. The Labute approximate surface area is 112 Å². The molecule has 2 aliphatic rings. The smallest absolute Gasteiger partial charge is 0.197 e. The van der Waals surface area contributed by atoms with Crippen molar-refractivity contribution in [2.24, 2.45) is 4.99 Å². The number of aliphatic imine (C=N–C) groups is 1. The third-order valence-corrected chi connectivity index (χ3v) is 3.54. The van der Waals surface area contributed by atoms with Crippen molar-refractivity contribution >= 4 is 17.1 Å². The molecule has 1 aromatic rings. The van der Waals surface area contributed by atoms with Gasteiger partial charge in [-0.3, -0.25) is 9.79 Å². The molecule has 3 rings (SSSR count). The lowest BCUT2D eigenvalue weighted by Crippen LogP contribution is -2.17. The van der Waals surface area contributed by atoms with Crippen LogP contribution in [-0.4, -0.2) is 16.5 Å². The molecule has 3 heteroatoms. The van der Waals surface area contributed by atoms with Gasteiger partial charge in [-0.2, -0.15) is 0 Å². The predicted molar refractivity (Wildman–Crippen MR) is 77.1 cm³/mol. The number of aromatic amines is 1. The molecule has 0 fully saturated rings. The Morgan fingerprint density at radius 1 is 1.11 bits per heavy atom. The number of ketones is 1. The second-order valence-electron chi connectivity index (χ2n) is 5.24. The van der Waals surface area contributed by atoms with Crippen molar-refractivity contribution in [1.82, 2.24) is 4.98 Å². The molecule has 0 radical (unpaired) electrons. The maximum atomic E-state index is 12.3. The van der Waals surface area contributed by atoms with Crippen LogP contribution in [-0.2, 0) is 4.79 Å². The van der Waals surface area contributed by atoms with Crippen molar-refractivity contribution in [3.63, 3.8) is 0 Å². The molecule has 0 bridgehead atoms. The van der Waals surface area contributed by atoms with Gasteiger partial charge in [0.15, 0.2) is 5.78 Å². The number of aromatic nitrogens is 1. The quantitative estimate of drug-likeness (QED) is 0.766. The number of allylic oxidation sites excluding steroid dienone is 5. The minimum atomic E-state index is 0.0890. The highest BCUT2D eigenvalue weighted by Crippen LogP contribution is 2.36. The van der Waals surface area contributed by atoms with Gasteiger partial charge in [0.25, 0.3) is 0 Å². The molecule has 3 nitrogen and oxygen atoms in total. The molecule has 0 atom stereocenters. The van der Waals surface area contributed by atoms with E-state index in [2.05, 4.69) is 16.0 Å². The van der Waals surface area contributed by atoms with Crippen LogP contribution in [0.5, 0.6) is 0 Å². The first-order chi connectivity index (χ1) is 8.97. The lowest BCUT2D eigenvalue weighted by atomic mass is 9.85. The number of nitrogens with one attached hydrogen (secondary N) is 1. The average molecular weight is 252 g/mol. The first kappa shape index (κ1) is 11.9. The molecule has 2 heterocycles. The zero-order valence-electron chi connectivity index (χ0n) is 11.6. The highest BCUT2D eigenvalue weighted by atomic mass is 16.1. The second kappa shape index (κ2) is 3.92. The van der Waals surface area contributed by atoms with E-state index in [1.807, 2.05) is 39.8 Å². The summed E-state index contributed by atoms with van der Waals surface area (Å²) >= 11 is 0. The summed E-state index contributed by atoms with van der Waals surface area (Å²) in [6.45, 7) is 7.95. The zero-order valence-corrected chi connectivity index (χ0v) is 11.6. The number of Topliss-reactive ketones (excluding diaryl/α,β-unsaturated/α-hetero) is 1. The van der Waals surface area contributed by atoms with Crippen LogP contribution in [0.4, 0.5) is 0 Å². The van der Waals surface area contributed by atoms with Gasteiger partial charge in [-0.05, 0) is 57.0 Å². The van der Waals surface area contributed by atoms with E-state index in [0.29, 0.717) is 0 Å². The lowest BCUT2D eigenvalue weighted by Gasteiger charge is -2.18. The van der Waals surface area contributed by atoms with Crippen LogP contribution >= 0.6 is 0 Å². The van der Waals surface area contributed by atoms with E-state index in [1.165, 1.54) is 0 Å². The van der Waals surface area contributed by atoms with Crippen LogP contribution in [0.3, 0.4) is 0 Å². The lowest BCUT2D eigenvalue weighted by molar-refractivity contribution is -0.111. The fourth-order valence-electron chi connectivity index (χ4n) is 2.66. The number of nitrogens with zero attached hydrogens (tertiary/aromatic N) is 1. The summed E-state index contributed by atoms with van der Waals surface area (Å²) in [6, 6.07) is 2.05. The van der Waals surface area contributed by atoms with Crippen molar-refractivity contribution < 1.29 is 4.79 Å². The van der Waals surface area contributed by atoms with Crippen LogP contribution in [0.2, 0.25) is 0 Å². The highest BCUT2D eigenvalue weighted by Gasteiger charge is 2.31. The van der Waals surface area contributed by atoms with Gasteiger partial charge in [0.2, 0.25) is 0 Å². The first-order valence-electron chi connectivity index (χ1n) is 6.38. The molecule has 19 heavy (non-hydrogen) atoms. The fraction of sp³-hybridized carbons (Fsp3) is 0.250. The van der Waals surface area contributed by atoms with Gasteiger partial charge in [0, 0.05) is 22.6 Å². The molecule has 0 amide bonds. The first-order valence-corrected chi connectivity index (χ1v) is 6.38. The Balaban J connectivity index is 2.05. The van der Waals surface area contributed by atoms with Crippen molar-refractivity contribution in [3.8, 4) is 0 Å². The van der Waals surface area contributed by atoms with Gasteiger partial charge in [0.1, 0.15) is 0 Å². The third kappa shape index (κ3) is 1.73. The van der Waals surface area contributed by atoms with E-state index >= 15 is 0 Å². The van der Waals surface area contributed by atoms with Gasteiger partial charge in [-0.25, -0.2) is 0 Å². The van der Waals surface area contributed by atoms with Crippen molar-refractivity contribution in [2.75, 3.05) is 0 Å². The fourth-order valence-corrected chi connectivity index (χ4v) is 2.66. The van der Waals surface area contributed by atoms with Crippen molar-refractivity contribution in [1.29, 1.82) is 0 Å². The topological polar surface area (TPSA) is 45.2 Å². The second-order valence-corrected chi connectivity index (χ2v) is 5.24. The number of carbonyl (C=O) groups excluding carboxylic acids is 1. The molecule has 0 saturated carbocycles. The Morgan fingerprint density at radius 2 is 1.84 bits per heavy atom. The van der Waals surface area contributed by atoms with Crippen LogP contribution in [0.1, 0.15) is 30.8 Å². The SMILES string of the molecule is CC1=CC(C)=NC1=C1C=C(c2[nH]c(C)cc2C)C1=O. The molecule has 0 spiro atoms. The molecular formula is C16H16N2O. The molecule has 0 saturated heterocycles. The molecule has 1 N–H and O–H groups in total. The highest BCUT2D eigenvalue weighted by molar-refractivity contribution is 6.38. The normalized spacial score (nSPS) is 22.1. The predicted octanol–water partition coefficient (Wildman–Crippen LogP) is 3.27. The molecule has 0 aromatic carbocycles. The maximum absolute atomic E-state index is 12.3. The monoisotopic (exact) mass is 252 g/mol. The molecule has 1 aromatic heterocycles. The summed E-state index contributed by atoms with van der Waals surface area (Å²) in [5.41, 5.74) is 7.47. The Morgan fingerprint density at radius 3 is 2.32 bits per heavy atom. The number of aryl methyl sites for hydroxylation is 2. The summed E-state index contributed by atoms with van der Waals surface area (Å²) < 4.78 is 0. The van der Waals surface area contributed by atoms with E-state index < -0.39 is 0 Å². The Bertz CT molecular complexity index is 724. The number of hydrogen-bond donors (Lipinski definition) is 1. The van der Waals surface area contributed by atoms with Crippen LogP contribution in [0, 0.1) is 13.8 Å². The van der Waals surface area contributed by atoms with Crippen LogP contribution in [0.25, 0.3) is 5.57 Å². The minimum absolute atomic E-state index is 0.0890. The van der Waals surface area contributed by atoms with E-state index in [9.17, 15) is 4.79 Å². The summed E-state index contributed by atoms with van der Waals surface area (Å²) in [4.78, 5) is 20.0. The maximum Gasteiger partial charge on any atom is 0.197 e. The van der Waals surface area contributed by atoms with E-state index in [1.54, 1.807) is 0 Å². The summed E-state index contributed by atoms with van der Waals surface area (Å²) in [6.07, 6.45) is 3.95. The molecule has 1 aliphatic heterocycles. The van der Waals surface area contributed by atoms with Crippen molar-refractivity contribution in [3.05, 3.63) is 52.0 Å². The largest absolute Gasteiger partial charge is 0.358 e. The molecular weight excluding hydrogens is 236 g/mol. The molecule has 1 aliphatic carbocycles. The van der Waals surface area contributed by atoms with E-state index in [-0.39, 0.29) is 5.78 Å². The van der Waals surface area contributed by atoms with Gasteiger partial charge < -0.3 is 4.98 Å². The Hall–Kier alpha value is -2.16. The van der Waals surface area contributed by atoms with Crippen LogP contribution < -0.4 is 0 Å². The Kier molecular flexibility index (Phi) is 2.45.